The quantitative estimate of drug-likeness (QED) is 0.644. The lowest BCUT2D eigenvalue weighted by Crippen LogP contribution is -2.57. The third kappa shape index (κ3) is 6.34. The molecule has 2 unspecified atom stereocenters. The van der Waals surface area contributed by atoms with Gasteiger partial charge in [0.15, 0.2) is 0 Å². The third-order valence-electron chi connectivity index (χ3n) is 5.83. The van der Waals surface area contributed by atoms with E-state index in [4.69, 9.17) is 9.47 Å². The van der Waals surface area contributed by atoms with Gasteiger partial charge in [-0.25, -0.2) is 0 Å². The molecule has 0 aromatic heterocycles. The second kappa shape index (κ2) is 10.8. The number of carbonyl (C=O) groups excluding carboxylic acids is 1. The molecule has 2 aliphatic rings. The Balaban J connectivity index is 1.27. The van der Waals surface area contributed by atoms with Crippen molar-refractivity contribution in [3.05, 3.63) is 54.6 Å². The van der Waals surface area contributed by atoms with Gasteiger partial charge in [0.25, 0.3) is 10.2 Å². The van der Waals surface area contributed by atoms with Crippen LogP contribution in [0.25, 0.3) is 0 Å². The minimum absolute atomic E-state index is 0.125. The highest BCUT2D eigenvalue weighted by Gasteiger charge is 2.36. The van der Waals surface area contributed by atoms with E-state index >= 15 is 0 Å². The van der Waals surface area contributed by atoms with Crippen LogP contribution in [0.1, 0.15) is 13.8 Å². The zero-order valence-corrected chi connectivity index (χ0v) is 20.4. The fourth-order valence-electron chi connectivity index (χ4n) is 4.27. The van der Waals surface area contributed by atoms with E-state index in [1.165, 1.54) is 8.61 Å². The maximum Gasteiger partial charge on any atom is 0.282 e. The number of anilines is 1. The Bertz CT molecular complexity index is 1060. The number of para-hydroxylation sites is 1. The summed E-state index contributed by atoms with van der Waals surface area (Å²) in [6, 6.07) is 16.7. The number of hydrogen-bond donors (Lipinski definition) is 1. The topological polar surface area (TPSA) is 91.4 Å². The summed E-state index contributed by atoms with van der Waals surface area (Å²) in [5.74, 6) is 1.21. The molecule has 2 aromatic rings. The van der Waals surface area contributed by atoms with E-state index in [1.54, 1.807) is 6.07 Å². The van der Waals surface area contributed by atoms with Crippen molar-refractivity contribution in [2.45, 2.75) is 26.1 Å². The second-order valence-corrected chi connectivity index (χ2v) is 10.7. The molecule has 0 bridgehead atoms. The first-order valence-electron chi connectivity index (χ1n) is 11.6. The van der Waals surface area contributed by atoms with Crippen LogP contribution in [0, 0.1) is 0 Å². The standard InChI is InChI=1S/C24H32N4O5S/c1-19-16-28(17-20(2)32-19)34(30,31)27-13-11-26(12-14-27)18-24(29)25-21-7-6-10-23(15-21)33-22-8-4-3-5-9-22/h3-10,15,19-20H,11-14,16-18H2,1-2H3,(H,25,29). The summed E-state index contributed by atoms with van der Waals surface area (Å²) >= 11 is 0. The van der Waals surface area contributed by atoms with Crippen LogP contribution in [-0.4, -0.2) is 85.9 Å². The largest absolute Gasteiger partial charge is 0.457 e. The molecule has 10 heteroatoms. The molecular weight excluding hydrogens is 456 g/mol. The van der Waals surface area contributed by atoms with Gasteiger partial charge in [0.1, 0.15) is 11.5 Å². The van der Waals surface area contributed by atoms with Gasteiger partial charge in [-0.3, -0.25) is 9.69 Å². The van der Waals surface area contributed by atoms with Gasteiger partial charge in [0.05, 0.1) is 18.8 Å². The van der Waals surface area contributed by atoms with Crippen molar-refractivity contribution in [2.24, 2.45) is 0 Å². The first kappa shape index (κ1) is 24.6. The fourth-order valence-corrected chi connectivity index (χ4v) is 6.01. The summed E-state index contributed by atoms with van der Waals surface area (Å²) in [7, 11) is -3.54. The maximum absolute atomic E-state index is 13.1. The first-order chi connectivity index (χ1) is 16.3. The number of nitrogens with one attached hydrogen (secondary N) is 1. The molecule has 2 heterocycles. The van der Waals surface area contributed by atoms with E-state index in [0.29, 0.717) is 50.7 Å². The lowest BCUT2D eigenvalue weighted by Gasteiger charge is -2.40. The zero-order chi connectivity index (χ0) is 24.1. The fraction of sp³-hybridized carbons (Fsp3) is 0.458. The van der Waals surface area contributed by atoms with Crippen molar-refractivity contribution >= 4 is 21.8 Å². The number of rotatable bonds is 7. The zero-order valence-electron chi connectivity index (χ0n) is 19.6. The minimum atomic E-state index is -3.54. The molecule has 2 saturated heterocycles. The highest BCUT2D eigenvalue weighted by molar-refractivity contribution is 7.86. The summed E-state index contributed by atoms with van der Waals surface area (Å²) < 4.78 is 40.6. The molecule has 0 spiro atoms. The van der Waals surface area contributed by atoms with Crippen molar-refractivity contribution < 1.29 is 22.7 Å². The Morgan fingerprint density at radius 1 is 0.941 bits per heavy atom. The van der Waals surface area contributed by atoms with Crippen molar-refractivity contribution in [1.82, 2.24) is 13.5 Å². The average molecular weight is 489 g/mol. The van der Waals surface area contributed by atoms with Crippen LogP contribution in [-0.2, 0) is 19.7 Å². The maximum atomic E-state index is 13.1. The van der Waals surface area contributed by atoms with Gasteiger partial charge in [-0.15, -0.1) is 0 Å². The van der Waals surface area contributed by atoms with Crippen molar-refractivity contribution in [3.8, 4) is 11.5 Å². The van der Waals surface area contributed by atoms with Crippen molar-refractivity contribution in [3.63, 3.8) is 0 Å². The van der Waals surface area contributed by atoms with Gasteiger partial charge in [-0.05, 0) is 38.1 Å². The summed E-state index contributed by atoms with van der Waals surface area (Å²) in [5.41, 5.74) is 0.648. The van der Waals surface area contributed by atoms with Crippen LogP contribution >= 0.6 is 0 Å². The van der Waals surface area contributed by atoms with E-state index in [9.17, 15) is 13.2 Å². The lowest BCUT2D eigenvalue weighted by molar-refractivity contribution is -0.117. The van der Waals surface area contributed by atoms with E-state index < -0.39 is 10.2 Å². The number of amides is 1. The van der Waals surface area contributed by atoms with Crippen LogP contribution < -0.4 is 10.1 Å². The molecule has 1 N–H and O–H groups in total. The molecule has 0 radical (unpaired) electrons. The number of ether oxygens (including phenoxy) is 2. The van der Waals surface area contributed by atoms with Gasteiger partial charge >= 0.3 is 0 Å². The SMILES string of the molecule is CC1CN(S(=O)(=O)N2CCN(CC(=O)Nc3cccc(Oc4ccccc4)c3)CC2)CC(C)O1. The minimum Gasteiger partial charge on any atom is -0.457 e. The molecule has 4 rings (SSSR count). The van der Waals surface area contributed by atoms with Gasteiger partial charge in [0.2, 0.25) is 5.91 Å². The second-order valence-electron chi connectivity index (χ2n) is 8.75. The number of benzene rings is 2. The summed E-state index contributed by atoms with van der Waals surface area (Å²) in [6.07, 6.45) is -0.250. The number of carbonyl (C=O) groups is 1. The average Bonchev–Trinajstić information content (AvgIpc) is 2.80. The molecule has 2 aliphatic heterocycles. The van der Waals surface area contributed by atoms with E-state index in [1.807, 2.05) is 67.3 Å². The van der Waals surface area contributed by atoms with Crippen LogP contribution in [0.5, 0.6) is 11.5 Å². The number of morpholine rings is 1. The number of piperazine rings is 1. The first-order valence-corrected chi connectivity index (χ1v) is 12.9. The molecule has 2 fully saturated rings. The van der Waals surface area contributed by atoms with Crippen molar-refractivity contribution in [2.75, 3.05) is 51.1 Å². The third-order valence-corrected chi connectivity index (χ3v) is 7.80. The molecule has 0 saturated carbocycles. The van der Waals surface area contributed by atoms with Gasteiger partial charge in [0, 0.05) is 51.0 Å². The highest BCUT2D eigenvalue weighted by Crippen LogP contribution is 2.24. The van der Waals surface area contributed by atoms with Gasteiger partial charge < -0.3 is 14.8 Å². The Morgan fingerprint density at radius 2 is 1.59 bits per heavy atom. The molecule has 2 aromatic carbocycles. The lowest BCUT2D eigenvalue weighted by atomic mass is 10.3. The predicted molar refractivity (Wildman–Crippen MR) is 130 cm³/mol. The smallest absolute Gasteiger partial charge is 0.282 e. The summed E-state index contributed by atoms with van der Waals surface area (Å²) in [5, 5.41) is 2.90. The molecule has 184 valence electrons. The summed E-state index contributed by atoms with van der Waals surface area (Å²) in [4.78, 5) is 14.6. The number of hydrogen-bond acceptors (Lipinski definition) is 6. The monoisotopic (exact) mass is 488 g/mol. The molecule has 2 atom stereocenters. The van der Waals surface area contributed by atoms with E-state index in [2.05, 4.69) is 5.32 Å². The van der Waals surface area contributed by atoms with E-state index in [0.717, 1.165) is 5.75 Å². The van der Waals surface area contributed by atoms with Gasteiger partial charge in [-0.1, -0.05) is 24.3 Å². The molecular formula is C24H32N4O5S. The normalized spacial score (nSPS) is 22.9. The van der Waals surface area contributed by atoms with Gasteiger partial charge in [-0.2, -0.15) is 17.0 Å². The predicted octanol–water partition coefficient (Wildman–Crippen LogP) is 2.39. The molecule has 9 nitrogen and oxygen atoms in total. The molecule has 0 aliphatic carbocycles. The van der Waals surface area contributed by atoms with Crippen LogP contribution in [0.15, 0.2) is 54.6 Å². The highest BCUT2D eigenvalue weighted by atomic mass is 32.2. The summed E-state index contributed by atoms with van der Waals surface area (Å²) in [6.45, 7) is 6.41. The Hall–Kier alpha value is -2.50. The van der Waals surface area contributed by atoms with Crippen LogP contribution in [0.2, 0.25) is 0 Å². The van der Waals surface area contributed by atoms with Crippen molar-refractivity contribution in [1.29, 1.82) is 0 Å². The number of nitrogens with zero attached hydrogens (tertiary/aromatic N) is 3. The molecule has 34 heavy (non-hydrogen) atoms. The van der Waals surface area contributed by atoms with E-state index in [-0.39, 0.29) is 24.7 Å². The Morgan fingerprint density at radius 3 is 2.26 bits per heavy atom. The van der Waals surface area contributed by atoms with Crippen LogP contribution in [0.4, 0.5) is 5.69 Å². The Labute approximate surface area is 201 Å². The molecule has 1 amide bonds. The Kier molecular flexibility index (Phi) is 7.84. The van der Waals surface area contributed by atoms with Crippen LogP contribution in [0.3, 0.4) is 0 Å².